The van der Waals surface area contributed by atoms with Crippen molar-refractivity contribution in [2.75, 3.05) is 25.5 Å². The van der Waals surface area contributed by atoms with Crippen molar-refractivity contribution in [2.24, 2.45) is 4.99 Å². The van der Waals surface area contributed by atoms with E-state index in [2.05, 4.69) is 20.9 Å². The zero-order chi connectivity index (χ0) is 23.6. The van der Waals surface area contributed by atoms with Crippen LogP contribution in [0.25, 0.3) is 0 Å². The van der Waals surface area contributed by atoms with Crippen LogP contribution in [0.1, 0.15) is 38.8 Å². The minimum absolute atomic E-state index is 0.106. The Morgan fingerprint density at radius 1 is 1.09 bits per heavy atom. The smallest absolute Gasteiger partial charge is 0.412 e. The average molecular weight is 443 g/mol. The molecular weight excluding hydrogens is 408 g/mol. The van der Waals surface area contributed by atoms with Gasteiger partial charge in [0.25, 0.3) is 0 Å². The van der Waals surface area contributed by atoms with Crippen molar-refractivity contribution in [1.82, 2.24) is 10.6 Å². The second kappa shape index (κ2) is 11.8. The molecule has 2 rings (SSSR count). The highest BCUT2D eigenvalue weighted by Crippen LogP contribution is 2.29. The summed E-state index contributed by atoms with van der Waals surface area (Å²) in [6.45, 7) is 9.20. The first-order valence-corrected chi connectivity index (χ1v) is 10.7. The van der Waals surface area contributed by atoms with Gasteiger partial charge in [-0.3, -0.25) is 5.32 Å². The van der Waals surface area contributed by atoms with Gasteiger partial charge in [0.2, 0.25) is 0 Å². The fraction of sp³-hybridized carbons (Fsp3) is 0.417. The van der Waals surface area contributed by atoms with Crippen LogP contribution >= 0.6 is 0 Å². The van der Waals surface area contributed by atoms with Gasteiger partial charge in [0.15, 0.2) is 17.5 Å². The highest BCUT2D eigenvalue weighted by Gasteiger charge is 2.16. The standard InChI is InChI=1S/C24H34N4O4/c1-6-25-22(27-16-18-8-7-9-20(31-5)21(18)29)26-15-14-17-10-12-19(13-11-17)28-23(30)32-24(2,3)4/h7-13,29H,6,14-16H2,1-5H3,(H,28,30)(H2,25,26,27). The number of benzene rings is 2. The molecule has 174 valence electrons. The summed E-state index contributed by atoms with van der Waals surface area (Å²) in [4.78, 5) is 16.4. The molecule has 0 unspecified atom stereocenters. The molecule has 0 aliphatic rings. The number of rotatable bonds is 8. The lowest BCUT2D eigenvalue weighted by atomic mass is 10.1. The summed E-state index contributed by atoms with van der Waals surface area (Å²) >= 11 is 0. The normalized spacial score (nSPS) is 11.6. The molecule has 0 spiro atoms. The number of methoxy groups -OCH3 is 1. The number of amides is 1. The van der Waals surface area contributed by atoms with Crippen LogP contribution in [0.3, 0.4) is 0 Å². The summed E-state index contributed by atoms with van der Waals surface area (Å²) in [5, 5.41) is 19.4. The van der Waals surface area contributed by atoms with Crippen molar-refractivity contribution in [2.45, 2.75) is 46.3 Å². The number of phenolic OH excluding ortho intramolecular Hbond substituents is 1. The van der Waals surface area contributed by atoms with Gasteiger partial charge in [0.05, 0.1) is 13.7 Å². The largest absolute Gasteiger partial charge is 0.504 e. The number of anilines is 1. The first-order valence-electron chi connectivity index (χ1n) is 10.7. The first-order chi connectivity index (χ1) is 15.2. The third-order valence-corrected chi connectivity index (χ3v) is 4.36. The number of nitrogens with zero attached hydrogens (tertiary/aromatic N) is 1. The Hall–Kier alpha value is -3.42. The zero-order valence-corrected chi connectivity index (χ0v) is 19.5. The van der Waals surface area contributed by atoms with E-state index in [1.54, 1.807) is 6.07 Å². The van der Waals surface area contributed by atoms with Crippen LogP contribution in [0.5, 0.6) is 11.5 Å². The molecule has 2 aromatic carbocycles. The maximum atomic E-state index is 11.9. The van der Waals surface area contributed by atoms with Gasteiger partial charge < -0.3 is 25.2 Å². The molecule has 1 amide bonds. The van der Waals surface area contributed by atoms with Crippen LogP contribution in [-0.2, 0) is 17.7 Å². The molecule has 0 radical (unpaired) electrons. The highest BCUT2D eigenvalue weighted by molar-refractivity contribution is 5.84. The Kier molecular flexibility index (Phi) is 9.19. The van der Waals surface area contributed by atoms with Crippen LogP contribution in [0.15, 0.2) is 47.5 Å². The van der Waals surface area contributed by atoms with Gasteiger partial charge in [0.1, 0.15) is 5.60 Å². The van der Waals surface area contributed by atoms with E-state index in [-0.39, 0.29) is 5.75 Å². The molecule has 0 heterocycles. The number of nitrogens with one attached hydrogen (secondary N) is 3. The number of guanidine groups is 1. The lowest BCUT2D eigenvalue weighted by molar-refractivity contribution is 0.0636. The molecule has 0 aromatic heterocycles. The molecule has 8 heteroatoms. The van der Waals surface area contributed by atoms with Crippen molar-refractivity contribution >= 4 is 17.7 Å². The summed E-state index contributed by atoms with van der Waals surface area (Å²) in [6.07, 6.45) is 0.308. The Labute approximate surface area is 190 Å². The van der Waals surface area contributed by atoms with E-state index in [0.29, 0.717) is 36.0 Å². The Morgan fingerprint density at radius 3 is 2.44 bits per heavy atom. The fourth-order valence-corrected chi connectivity index (χ4v) is 2.87. The summed E-state index contributed by atoms with van der Waals surface area (Å²) < 4.78 is 10.4. The zero-order valence-electron chi connectivity index (χ0n) is 19.5. The lowest BCUT2D eigenvalue weighted by Crippen LogP contribution is -2.38. The topological polar surface area (TPSA) is 104 Å². The lowest BCUT2D eigenvalue weighted by Gasteiger charge is -2.19. The first kappa shape index (κ1) is 24.8. The fourth-order valence-electron chi connectivity index (χ4n) is 2.87. The monoisotopic (exact) mass is 442 g/mol. The SMILES string of the molecule is CCNC(=NCc1cccc(OC)c1O)NCCc1ccc(NC(=O)OC(C)(C)C)cc1. The second-order valence-corrected chi connectivity index (χ2v) is 8.16. The van der Waals surface area contributed by atoms with E-state index < -0.39 is 11.7 Å². The highest BCUT2D eigenvalue weighted by atomic mass is 16.6. The molecule has 8 nitrogen and oxygen atoms in total. The number of hydrogen-bond acceptors (Lipinski definition) is 5. The predicted molar refractivity (Wildman–Crippen MR) is 127 cm³/mol. The van der Waals surface area contributed by atoms with Gasteiger partial charge in [-0.1, -0.05) is 24.3 Å². The molecule has 0 atom stereocenters. The van der Waals surface area contributed by atoms with Gasteiger partial charge in [-0.25, -0.2) is 9.79 Å². The maximum Gasteiger partial charge on any atom is 0.412 e. The van der Waals surface area contributed by atoms with E-state index in [4.69, 9.17) is 9.47 Å². The van der Waals surface area contributed by atoms with Gasteiger partial charge in [-0.2, -0.15) is 0 Å². The summed E-state index contributed by atoms with van der Waals surface area (Å²) in [6, 6.07) is 13.0. The number of para-hydroxylation sites is 1. The Bertz CT molecular complexity index is 905. The maximum absolute atomic E-state index is 11.9. The van der Waals surface area contributed by atoms with Crippen molar-refractivity contribution < 1.29 is 19.4 Å². The molecule has 0 bridgehead atoms. The van der Waals surface area contributed by atoms with Crippen LogP contribution in [0, 0.1) is 0 Å². The third-order valence-electron chi connectivity index (χ3n) is 4.36. The van der Waals surface area contributed by atoms with Crippen molar-refractivity contribution in [1.29, 1.82) is 0 Å². The number of phenols is 1. The van der Waals surface area contributed by atoms with E-state index in [0.717, 1.165) is 18.5 Å². The van der Waals surface area contributed by atoms with Crippen LogP contribution in [0.4, 0.5) is 10.5 Å². The van der Waals surface area contributed by atoms with Crippen LogP contribution < -0.4 is 20.7 Å². The number of carbonyl (C=O) groups is 1. The van der Waals surface area contributed by atoms with E-state index in [1.807, 2.05) is 64.1 Å². The van der Waals surface area contributed by atoms with Crippen molar-refractivity contribution in [3.05, 3.63) is 53.6 Å². The predicted octanol–water partition coefficient (Wildman–Crippen LogP) is 4.05. The van der Waals surface area contributed by atoms with Crippen LogP contribution in [-0.4, -0.2) is 43.0 Å². The van der Waals surface area contributed by atoms with Gasteiger partial charge >= 0.3 is 6.09 Å². The number of aliphatic imine (C=N–C) groups is 1. The summed E-state index contributed by atoms with van der Waals surface area (Å²) in [7, 11) is 1.52. The Balaban J connectivity index is 1.88. The summed E-state index contributed by atoms with van der Waals surface area (Å²) in [5.41, 5.74) is 1.96. The third kappa shape index (κ3) is 8.37. The molecule has 4 N–H and O–H groups in total. The molecule has 0 saturated heterocycles. The van der Waals surface area contributed by atoms with Crippen molar-refractivity contribution in [3.63, 3.8) is 0 Å². The van der Waals surface area contributed by atoms with Gasteiger partial charge in [0, 0.05) is 24.3 Å². The minimum Gasteiger partial charge on any atom is -0.504 e. The van der Waals surface area contributed by atoms with E-state index >= 15 is 0 Å². The minimum atomic E-state index is -0.535. The van der Waals surface area contributed by atoms with Crippen LogP contribution in [0.2, 0.25) is 0 Å². The molecule has 0 aliphatic carbocycles. The molecule has 0 aliphatic heterocycles. The molecule has 0 saturated carbocycles. The average Bonchev–Trinajstić information content (AvgIpc) is 2.72. The van der Waals surface area contributed by atoms with Crippen molar-refractivity contribution in [3.8, 4) is 11.5 Å². The quantitative estimate of drug-likeness (QED) is 0.363. The van der Waals surface area contributed by atoms with Gasteiger partial charge in [-0.15, -0.1) is 0 Å². The molecule has 0 fully saturated rings. The summed E-state index contributed by atoms with van der Waals surface area (Å²) in [5.74, 6) is 1.20. The van der Waals surface area contributed by atoms with Gasteiger partial charge in [-0.05, 0) is 57.9 Å². The second-order valence-electron chi connectivity index (χ2n) is 8.16. The molecular formula is C24H34N4O4. The van der Waals surface area contributed by atoms with E-state index in [1.165, 1.54) is 7.11 Å². The molecule has 32 heavy (non-hydrogen) atoms. The Morgan fingerprint density at radius 2 is 1.81 bits per heavy atom. The number of ether oxygens (including phenoxy) is 2. The number of carbonyl (C=O) groups excluding carboxylic acids is 1. The van der Waals surface area contributed by atoms with E-state index in [9.17, 15) is 9.90 Å². The molecule has 2 aromatic rings. The number of aromatic hydroxyl groups is 1. The number of hydrogen-bond donors (Lipinski definition) is 4.